The van der Waals surface area contributed by atoms with E-state index >= 15 is 0 Å². The molecule has 1 rings (SSSR count). The van der Waals surface area contributed by atoms with E-state index in [0.29, 0.717) is 12.3 Å². The molecular weight excluding hydrogens is 244 g/mol. The van der Waals surface area contributed by atoms with Crippen LogP contribution in [0.2, 0.25) is 0 Å². The monoisotopic (exact) mass is 264 g/mol. The van der Waals surface area contributed by atoms with Crippen LogP contribution in [-0.4, -0.2) is 44.1 Å². The lowest BCUT2D eigenvalue weighted by molar-refractivity contribution is 0.261. The highest BCUT2D eigenvalue weighted by Gasteiger charge is 1.97. The van der Waals surface area contributed by atoms with Crippen LogP contribution in [0.4, 0.5) is 5.69 Å². The van der Waals surface area contributed by atoms with Gasteiger partial charge >= 0.3 is 0 Å². The number of ether oxygens (including phenoxy) is 1. The van der Waals surface area contributed by atoms with E-state index in [4.69, 9.17) is 21.9 Å². The van der Waals surface area contributed by atoms with Gasteiger partial charge in [0, 0.05) is 6.54 Å². The van der Waals surface area contributed by atoms with Crippen LogP contribution < -0.4 is 21.9 Å². The minimum atomic E-state index is -0.120. The van der Waals surface area contributed by atoms with Gasteiger partial charge in [0.1, 0.15) is 12.4 Å². The van der Waals surface area contributed by atoms with Crippen LogP contribution in [0.3, 0.4) is 0 Å². The number of rotatable bonds is 5. The van der Waals surface area contributed by atoms with E-state index in [0.717, 1.165) is 12.3 Å². The standard InChI is InChI=1S/C12H20N6O/c1-18(2)7-8-19-10-5-3-9(4-6-10)16-12(15)17-11(13)14/h3-6H,7-8H2,1-2H3,(H6,13,14,15,16,17). The van der Waals surface area contributed by atoms with Crippen LogP contribution in [0, 0.1) is 0 Å². The van der Waals surface area contributed by atoms with Crippen molar-refractivity contribution >= 4 is 17.6 Å². The van der Waals surface area contributed by atoms with Crippen molar-refractivity contribution in [2.24, 2.45) is 27.2 Å². The number of nitrogens with two attached hydrogens (primary N) is 3. The Morgan fingerprint density at radius 2 is 1.79 bits per heavy atom. The molecule has 0 saturated carbocycles. The van der Waals surface area contributed by atoms with Crippen LogP contribution in [0.1, 0.15) is 0 Å². The zero-order valence-corrected chi connectivity index (χ0v) is 11.2. The summed E-state index contributed by atoms with van der Waals surface area (Å²) in [6, 6.07) is 7.19. The molecule has 0 unspecified atom stereocenters. The normalized spacial score (nSPS) is 11.4. The summed E-state index contributed by atoms with van der Waals surface area (Å²) in [5, 5.41) is 0. The molecular formula is C12H20N6O. The average molecular weight is 264 g/mol. The molecule has 7 nitrogen and oxygen atoms in total. The lowest BCUT2D eigenvalue weighted by Crippen LogP contribution is -2.26. The van der Waals surface area contributed by atoms with E-state index in [-0.39, 0.29) is 11.9 Å². The lowest BCUT2D eigenvalue weighted by atomic mass is 10.3. The molecule has 0 atom stereocenters. The van der Waals surface area contributed by atoms with Crippen LogP contribution in [0.15, 0.2) is 34.3 Å². The summed E-state index contributed by atoms with van der Waals surface area (Å²) < 4.78 is 5.55. The van der Waals surface area contributed by atoms with Gasteiger partial charge in [-0.1, -0.05) is 0 Å². The van der Waals surface area contributed by atoms with Gasteiger partial charge in [0.2, 0.25) is 5.96 Å². The molecule has 0 aromatic heterocycles. The molecule has 0 radical (unpaired) electrons. The van der Waals surface area contributed by atoms with Gasteiger partial charge in [0.05, 0.1) is 5.69 Å². The van der Waals surface area contributed by atoms with Gasteiger partial charge in [-0.2, -0.15) is 4.99 Å². The highest BCUT2D eigenvalue weighted by atomic mass is 16.5. The highest BCUT2D eigenvalue weighted by molar-refractivity contribution is 5.93. The van der Waals surface area contributed by atoms with Gasteiger partial charge in [-0.05, 0) is 38.4 Å². The molecule has 6 N–H and O–H groups in total. The summed E-state index contributed by atoms with van der Waals surface area (Å²) in [4.78, 5) is 9.71. The Hall–Kier alpha value is -2.28. The number of benzene rings is 1. The van der Waals surface area contributed by atoms with Crippen molar-refractivity contribution in [1.82, 2.24) is 4.90 Å². The topological polar surface area (TPSA) is 115 Å². The van der Waals surface area contributed by atoms with Gasteiger partial charge in [-0.15, -0.1) is 0 Å². The van der Waals surface area contributed by atoms with E-state index in [1.54, 1.807) is 12.1 Å². The van der Waals surface area contributed by atoms with E-state index in [1.165, 1.54) is 0 Å². The molecule has 0 fully saturated rings. The summed E-state index contributed by atoms with van der Waals surface area (Å²) in [6.45, 7) is 1.49. The molecule has 1 aromatic rings. The van der Waals surface area contributed by atoms with Crippen LogP contribution in [0.5, 0.6) is 5.75 Å². The maximum absolute atomic E-state index is 5.55. The molecule has 1 aromatic carbocycles. The average Bonchev–Trinajstić information content (AvgIpc) is 2.29. The SMILES string of the molecule is CN(C)CCOc1ccc(N=C(N)N=C(N)N)cc1. The number of likely N-dealkylation sites (N-methyl/N-ethyl adjacent to an activating group) is 1. The second-order valence-corrected chi connectivity index (χ2v) is 4.15. The van der Waals surface area contributed by atoms with Crippen molar-refractivity contribution < 1.29 is 4.74 Å². The second kappa shape index (κ2) is 7.22. The third kappa shape index (κ3) is 6.27. The summed E-state index contributed by atoms with van der Waals surface area (Å²) in [7, 11) is 3.99. The molecule has 0 aliphatic carbocycles. The van der Waals surface area contributed by atoms with E-state index in [1.807, 2.05) is 26.2 Å². The molecule has 104 valence electrons. The number of guanidine groups is 2. The van der Waals surface area contributed by atoms with E-state index in [2.05, 4.69) is 14.9 Å². The zero-order chi connectivity index (χ0) is 14.3. The lowest BCUT2D eigenvalue weighted by Gasteiger charge is -2.10. The fraction of sp³-hybridized carbons (Fsp3) is 0.333. The summed E-state index contributed by atoms with van der Waals surface area (Å²) in [5.74, 6) is 0.673. The summed E-state index contributed by atoms with van der Waals surface area (Å²) in [5.41, 5.74) is 16.6. The first-order chi connectivity index (χ1) is 8.97. The van der Waals surface area contributed by atoms with Crippen molar-refractivity contribution in [2.75, 3.05) is 27.2 Å². The van der Waals surface area contributed by atoms with Crippen LogP contribution in [0.25, 0.3) is 0 Å². The molecule has 0 spiro atoms. The Morgan fingerprint density at radius 1 is 1.16 bits per heavy atom. The molecule has 0 aliphatic rings. The van der Waals surface area contributed by atoms with Crippen molar-refractivity contribution in [3.05, 3.63) is 24.3 Å². The predicted molar refractivity (Wildman–Crippen MR) is 77.6 cm³/mol. The number of hydrogen-bond donors (Lipinski definition) is 3. The van der Waals surface area contributed by atoms with Gasteiger partial charge < -0.3 is 26.8 Å². The maximum atomic E-state index is 5.55. The van der Waals surface area contributed by atoms with Gasteiger partial charge in [0.15, 0.2) is 5.96 Å². The minimum Gasteiger partial charge on any atom is -0.492 e. The summed E-state index contributed by atoms with van der Waals surface area (Å²) in [6.07, 6.45) is 0. The van der Waals surface area contributed by atoms with Gasteiger partial charge in [-0.3, -0.25) is 0 Å². The number of nitrogens with zero attached hydrogens (tertiary/aromatic N) is 3. The Balaban J connectivity index is 2.59. The van der Waals surface area contributed by atoms with Crippen LogP contribution in [-0.2, 0) is 0 Å². The Morgan fingerprint density at radius 3 is 2.32 bits per heavy atom. The predicted octanol–water partition coefficient (Wildman–Crippen LogP) is -0.153. The summed E-state index contributed by atoms with van der Waals surface area (Å²) >= 11 is 0. The zero-order valence-electron chi connectivity index (χ0n) is 11.2. The second-order valence-electron chi connectivity index (χ2n) is 4.15. The Kier molecular flexibility index (Phi) is 5.62. The smallest absolute Gasteiger partial charge is 0.223 e. The third-order valence-electron chi connectivity index (χ3n) is 2.13. The molecule has 7 heteroatoms. The van der Waals surface area contributed by atoms with E-state index in [9.17, 15) is 0 Å². The molecule has 0 saturated heterocycles. The van der Waals surface area contributed by atoms with Crippen molar-refractivity contribution in [3.8, 4) is 5.75 Å². The van der Waals surface area contributed by atoms with Gasteiger partial charge in [0.25, 0.3) is 0 Å². The first kappa shape index (κ1) is 14.8. The first-order valence-corrected chi connectivity index (χ1v) is 5.79. The van der Waals surface area contributed by atoms with Crippen LogP contribution >= 0.6 is 0 Å². The maximum Gasteiger partial charge on any atom is 0.223 e. The van der Waals surface area contributed by atoms with Gasteiger partial charge in [-0.25, -0.2) is 4.99 Å². The number of hydrogen-bond acceptors (Lipinski definition) is 3. The molecule has 0 aliphatic heterocycles. The highest BCUT2D eigenvalue weighted by Crippen LogP contribution is 2.18. The molecule has 0 amide bonds. The fourth-order valence-corrected chi connectivity index (χ4v) is 1.25. The molecule has 0 bridgehead atoms. The fourth-order valence-electron chi connectivity index (χ4n) is 1.25. The largest absolute Gasteiger partial charge is 0.492 e. The van der Waals surface area contributed by atoms with Crippen molar-refractivity contribution in [1.29, 1.82) is 0 Å². The Labute approximate surface area is 112 Å². The Bertz CT molecular complexity index is 448. The molecule has 19 heavy (non-hydrogen) atoms. The third-order valence-corrected chi connectivity index (χ3v) is 2.13. The van der Waals surface area contributed by atoms with Crippen molar-refractivity contribution in [2.45, 2.75) is 0 Å². The number of aliphatic imine (C=N–C) groups is 2. The molecule has 0 heterocycles. The van der Waals surface area contributed by atoms with E-state index < -0.39 is 0 Å². The first-order valence-electron chi connectivity index (χ1n) is 5.79. The quantitative estimate of drug-likeness (QED) is 0.505. The minimum absolute atomic E-state index is 0.0151. The van der Waals surface area contributed by atoms with Crippen molar-refractivity contribution in [3.63, 3.8) is 0 Å².